The highest BCUT2D eigenvalue weighted by Gasteiger charge is 2.35. The summed E-state index contributed by atoms with van der Waals surface area (Å²) in [5.74, 6) is 1.07. The molecule has 4 rings (SSSR count). The van der Waals surface area contributed by atoms with Crippen molar-refractivity contribution in [1.29, 1.82) is 0 Å². The molecule has 0 fully saturated rings. The van der Waals surface area contributed by atoms with E-state index in [1.54, 1.807) is 31.3 Å². The topological polar surface area (TPSA) is 77.1 Å². The van der Waals surface area contributed by atoms with E-state index in [1.807, 2.05) is 56.3 Å². The molecule has 7 nitrogen and oxygen atoms in total. The molecule has 0 aliphatic carbocycles. The van der Waals surface area contributed by atoms with Gasteiger partial charge in [0, 0.05) is 17.8 Å². The Kier molecular flexibility index (Phi) is 6.96. The number of carbonyl (C=O) groups excluding carboxylic acids is 2. The summed E-state index contributed by atoms with van der Waals surface area (Å²) in [6.07, 6.45) is 0.0608. The summed E-state index contributed by atoms with van der Waals surface area (Å²) in [5, 5.41) is 2.99. The van der Waals surface area contributed by atoms with Crippen molar-refractivity contribution in [2.75, 3.05) is 26.6 Å². The maximum absolute atomic E-state index is 13.4. The lowest BCUT2D eigenvalue weighted by molar-refractivity contribution is -0.117. The average Bonchev–Trinajstić information content (AvgIpc) is 3.20. The molecule has 1 aliphatic heterocycles. The second-order valence-corrected chi connectivity index (χ2v) is 8.62. The van der Waals surface area contributed by atoms with E-state index in [4.69, 9.17) is 14.2 Å². The van der Waals surface area contributed by atoms with Crippen LogP contribution in [0.5, 0.6) is 17.2 Å². The zero-order valence-corrected chi connectivity index (χ0v) is 20.7. The van der Waals surface area contributed by atoms with Gasteiger partial charge in [-0.2, -0.15) is 0 Å². The van der Waals surface area contributed by atoms with E-state index in [1.165, 1.54) is 7.11 Å². The predicted octanol–water partition coefficient (Wildman–Crippen LogP) is 5.06. The summed E-state index contributed by atoms with van der Waals surface area (Å²) in [6, 6.07) is 16.4. The Labute approximate surface area is 205 Å². The fourth-order valence-electron chi connectivity index (χ4n) is 4.44. The first-order valence-corrected chi connectivity index (χ1v) is 11.4. The summed E-state index contributed by atoms with van der Waals surface area (Å²) >= 11 is 0. The van der Waals surface area contributed by atoms with Gasteiger partial charge in [-0.25, -0.2) is 0 Å². The Morgan fingerprint density at radius 1 is 0.943 bits per heavy atom. The van der Waals surface area contributed by atoms with Crippen molar-refractivity contribution in [2.45, 2.75) is 32.9 Å². The smallest absolute Gasteiger partial charge is 0.255 e. The first kappa shape index (κ1) is 24.1. The second kappa shape index (κ2) is 10.1. The predicted molar refractivity (Wildman–Crippen MR) is 134 cm³/mol. The molecule has 0 saturated heterocycles. The van der Waals surface area contributed by atoms with Gasteiger partial charge in [0.25, 0.3) is 5.91 Å². The Bertz CT molecular complexity index is 1240. The molecule has 1 unspecified atom stereocenters. The average molecular weight is 475 g/mol. The summed E-state index contributed by atoms with van der Waals surface area (Å²) < 4.78 is 16.5. The summed E-state index contributed by atoms with van der Waals surface area (Å²) in [4.78, 5) is 28.3. The van der Waals surface area contributed by atoms with Crippen LogP contribution in [-0.2, 0) is 11.3 Å². The lowest BCUT2D eigenvalue weighted by Crippen LogP contribution is -2.32. The number of anilines is 1. The highest BCUT2D eigenvalue weighted by Crippen LogP contribution is 2.43. The van der Waals surface area contributed by atoms with Crippen LogP contribution >= 0.6 is 0 Å². The highest BCUT2D eigenvalue weighted by atomic mass is 16.5. The maximum Gasteiger partial charge on any atom is 0.255 e. The molecule has 35 heavy (non-hydrogen) atoms. The van der Waals surface area contributed by atoms with Crippen LogP contribution in [0.3, 0.4) is 0 Å². The van der Waals surface area contributed by atoms with Gasteiger partial charge in [-0.15, -0.1) is 0 Å². The van der Waals surface area contributed by atoms with Gasteiger partial charge in [0.2, 0.25) is 11.7 Å². The highest BCUT2D eigenvalue weighted by molar-refractivity contribution is 5.99. The molecule has 3 aromatic carbocycles. The van der Waals surface area contributed by atoms with Gasteiger partial charge in [0.05, 0.1) is 33.8 Å². The Hall–Kier alpha value is -4.00. The number of hydrogen-bond acceptors (Lipinski definition) is 5. The lowest BCUT2D eigenvalue weighted by Gasteiger charge is -2.29. The van der Waals surface area contributed by atoms with E-state index in [9.17, 15) is 9.59 Å². The maximum atomic E-state index is 13.4. The molecule has 0 spiro atoms. The first-order chi connectivity index (χ1) is 16.9. The van der Waals surface area contributed by atoms with E-state index < -0.39 is 6.04 Å². The number of nitrogens with one attached hydrogen (secondary N) is 1. The number of fused-ring (bicyclic) bond motifs is 1. The first-order valence-electron chi connectivity index (χ1n) is 11.4. The Morgan fingerprint density at radius 2 is 1.63 bits per heavy atom. The van der Waals surface area contributed by atoms with Crippen molar-refractivity contribution in [1.82, 2.24) is 4.90 Å². The molecule has 0 radical (unpaired) electrons. The molecule has 182 valence electrons. The SMILES string of the molecule is COc1cc(C(CC(=O)Nc2ccc(C)c(C)c2)N2Cc3ccccc3C2=O)cc(OC)c1OC. The van der Waals surface area contributed by atoms with E-state index in [0.29, 0.717) is 29.4 Å². The molecule has 3 aromatic rings. The largest absolute Gasteiger partial charge is 0.493 e. The van der Waals surface area contributed by atoms with Crippen LogP contribution in [0.2, 0.25) is 0 Å². The van der Waals surface area contributed by atoms with Gasteiger partial charge in [0.15, 0.2) is 11.5 Å². The summed E-state index contributed by atoms with van der Waals surface area (Å²) in [5.41, 5.74) is 5.27. The van der Waals surface area contributed by atoms with Crippen LogP contribution in [0.4, 0.5) is 5.69 Å². The molecule has 1 N–H and O–H groups in total. The van der Waals surface area contributed by atoms with Gasteiger partial charge in [0.1, 0.15) is 0 Å². The minimum absolute atomic E-state index is 0.0608. The molecule has 1 heterocycles. The van der Waals surface area contributed by atoms with Crippen LogP contribution in [0.15, 0.2) is 54.6 Å². The van der Waals surface area contributed by atoms with Crippen LogP contribution in [0, 0.1) is 13.8 Å². The van der Waals surface area contributed by atoms with Gasteiger partial charge in [-0.05, 0) is 66.4 Å². The van der Waals surface area contributed by atoms with Crippen LogP contribution in [0.1, 0.15) is 45.1 Å². The number of amides is 2. The van der Waals surface area contributed by atoms with Crippen molar-refractivity contribution in [3.05, 3.63) is 82.4 Å². The Balaban J connectivity index is 1.71. The number of rotatable bonds is 8. The van der Waals surface area contributed by atoms with Crippen molar-refractivity contribution >= 4 is 17.5 Å². The Morgan fingerprint density at radius 3 is 2.23 bits per heavy atom. The zero-order chi connectivity index (χ0) is 25.1. The van der Waals surface area contributed by atoms with Gasteiger partial charge in [-0.1, -0.05) is 24.3 Å². The standard InChI is InChI=1S/C28H30N2O5/c1-17-10-11-21(12-18(17)2)29-26(31)15-23(30-16-19-8-6-7-9-22(19)28(30)32)20-13-24(33-3)27(35-5)25(14-20)34-4/h6-14,23H,15-16H2,1-5H3,(H,29,31). The van der Waals surface area contributed by atoms with Crippen LogP contribution < -0.4 is 19.5 Å². The van der Waals surface area contributed by atoms with Crippen molar-refractivity contribution in [2.24, 2.45) is 0 Å². The molecule has 1 atom stereocenters. The minimum atomic E-state index is -0.546. The molecular weight excluding hydrogens is 444 g/mol. The molecule has 0 saturated carbocycles. The van der Waals surface area contributed by atoms with E-state index in [0.717, 1.165) is 27.9 Å². The molecule has 0 bridgehead atoms. The fraction of sp³-hybridized carbons (Fsp3) is 0.286. The molecule has 7 heteroatoms. The monoisotopic (exact) mass is 474 g/mol. The zero-order valence-electron chi connectivity index (χ0n) is 20.7. The minimum Gasteiger partial charge on any atom is -0.493 e. The van der Waals surface area contributed by atoms with E-state index in [-0.39, 0.29) is 18.2 Å². The fourth-order valence-corrected chi connectivity index (χ4v) is 4.44. The van der Waals surface area contributed by atoms with Crippen LogP contribution in [0.25, 0.3) is 0 Å². The second-order valence-electron chi connectivity index (χ2n) is 8.62. The van der Waals surface area contributed by atoms with Crippen molar-refractivity contribution in [3.63, 3.8) is 0 Å². The quantitative estimate of drug-likeness (QED) is 0.494. The molecule has 1 aliphatic rings. The third kappa shape index (κ3) is 4.80. The van der Waals surface area contributed by atoms with Gasteiger partial charge in [-0.3, -0.25) is 9.59 Å². The number of carbonyl (C=O) groups is 2. The molecule has 0 aromatic heterocycles. The normalized spacial score (nSPS) is 13.3. The number of nitrogens with zero attached hydrogens (tertiary/aromatic N) is 1. The third-order valence-corrected chi connectivity index (χ3v) is 6.47. The number of methoxy groups -OCH3 is 3. The number of aryl methyl sites for hydroxylation is 2. The van der Waals surface area contributed by atoms with Crippen molar-refractivity contribution in [3.8, 4) is 17.2 Å². The van der Waals surface area contributed by atoms with Gasteiger partial charge >= 0.3 is 0 Å². The summed E-state index contributed by atoms with van der Waals surface area (Å²) in [7, 11) is 4.62. The van der Waals surface area contributed by atoms with Crippen molar-refractivity contribution < 1.29 is 23.8 Å². The third-order valence-electron chi connectivity index (χ3n) is 6.47. The molecular formula is C28H30N2O5. The van der Waals surface area contributed by atoms with E-state index in [2.05, 4.69) is 5.32 Å². The van der Waals surface area contributed by atoms with Gasteiger partial charge < -0.3 is 24.4 Å². The molecule has 2 amide bonds. The van der Waals surface area contributed by atoms with Crippen LogP contribution in [-0.4, -0.2) is 38.0 Å². The number of benzene rings is 3. The summed E-state index contributed by atoms with van der Waals surface area (Å²) in [6.45, 7) is 4.44. The van der Waals surface area contributed by atoms with E-state index >= 15 is 0 Å². The number of ether oxygens (including phenoxy) is 3. The lowest BCUT2D eigenvalue weighted by atomic mass is 10.00. The number of hydrogen-bond donors (Lipinski definition) is 1.